The molecule has 0 aromatic carbocycles. The van der Waals surface area contributed by atoms with Crippen LogP contribution in [0.15, 0.2) is 40.4 Å². The predicted molar refractivity (Wildman–Crippen MR) is 47.9 cm³/mol. The van der Waals surface area contributed by atoms with Gasteiger partial charge in [-0.15, -0.1) is 0 Å². The molecule has 1 aliphatic carbocycles. The van der Waals surface area contributed by atoms with E-state index < -0.39 is 0 Å². The van der Waals surface area contributed by atoms with Gasteiger partial charge in [0.2, 0.25) is 0 Å². The highest BCUT2D eigenvalue weighted by atomic mass is 14.8. The van der Waals surface area contributed by atoms with E-state index in [4.69, 9.17) is 0 Å². The normalized spacial score (nSPS) is 27.5. The van der Waals surface area contributed by atoms with Crippen LogP contribution in [0.5, 0.6) is 0 Å². The Hall–Kier alpha value is -1.11. The maximum Gasteiger partial charge on any atom is 0.0926 e. The number of allylic oxidation sites excluding steroid dienone is 3. The predicted octanol–water partition coefficient (Wildman–Crippen LogP) is 2.27. The van der Waals surface area contributed by atoms with E-state index in [2.05, 4.69) is 36.2 Å². The Morgan fingerprint density at radius 2 is 2.45 bits per heavy atom. The monoisotopic (exact) mass is 145 g/mol. The second kappa shape index (κ2) is 2.50. The number of hydrogen-bond donors (Lipinski definition) is 0. The number of fused-ring (bicyclic) bond motifs is 1. The minimum atomic E-state index is 0.312. The molecule has 1 nitrogen and oxygen atoms in total. The Bertz CT molecular complexity index is 279. The zero-order valence-electron chi connectivity index (χ0n) is 6.62. The van der Waals surface area contributed by atoms with E-state index in [0.717, 1.165) is 6.42 Å². The van der Waals surface area contributed by atoms with Crippen LogP contribution in [0.1, 0.15) is 13.3 Å². The van der Waals surface area contributed by atoms with Crippen LogP contribution < -0.4 is 0 Å². The first kappa shape index (κ1) is 6.59. The lowest BCUT2D eigenvalue weighted by Gasteiger charge is -2.17. The molecule has 0 fully saturated rings. The fraction of sp³-hybridized carbons (Fsp3) is 0.300. The third kappa shape index (κ3) is 1.18. The van der Waals surface area contributed by atoms with Crippen LogP contribution in [0.4, 0.5) is 0 Å². The first-order valence-corrected chi connectivity index (χ1v) is 3.94. The van der Waals surface area contributed by atoms with E-state index in [-0.39, 0.29) is 0 Å². The molecule has 1 aliphatic heterocycles. The highest BCUT2D eigenvalue weighted by Crippen LogP contribution is 2.21. The molecule has 56 valence electrons. The Kier molecular flexibility index (Phi) is 1.50. The number of rotatable bonds is 0. The van der Waals surface area contributed by atoms with Gasteiger partial charge in [-0.05, 0) is 12.5 Å². The van der Waals surface area contributed by atoms with Gasteiger partial charge in [-0.2, -0.15) is 0 Å². The topological polar surface area (TPSA) is 12.4 Å². The maximum atomic E-state index is 4.36. The van der Waals surface area contributed by atoms with Crippen LogP contribution in [0.25, 0.3) is 0 Å². The SMILES string of the molecule is CC1=CC2=CCC=NC2C=C1. The summed E-state index contributed by atoms with van der Waals surface area (Å²) >= 11 is 0. The van der Waals surface area contributed by atoms with Crippen molar-refractivity contribution in [3.63, 3.8) is 0 Å². The third-order valence-corrected chi connectivity index (χ3v) is 2.00. The van der Waals surface area contributed by atoms with Gasteiger partial charge in [0.25, 0.3) is 0 Å². The summed E-state index contributed by atoms with van der Waals surface area (Å²) < 4.78 is 0. The van der Waals surface area contributed by atoms with Crippen LogP contribution in [0.2, 0.25) is 0 Å². The van der Waals surface area contributed by atoms with E-state index in [9.17, 15) is 0 Å². The number of hydrogen-bond acceptors (Lipinski definition) is 1. The summed E-state index contributed by atoms with van der Waals surface area (Å²) in [5.41, 5.74) is 2.68. The molecule has 0 saturated carbocycles. The van der Waals surface area contributed by atoms with Crippen molar-refractivity contribution in [3.05, 3.63) is 35.5 Å². The van der Waals surface area contributed by atoms with Gasteiger partial charge in [0.15, 0.2) is 0 Å². The van der Waals surface area contributed by atoms with Gasteiger partial charge in [0.1, 0.15) is 0 Å². The molecular formula is C10H11N. The molecule has 0 amide bonds. The second-order valence-corrected chi connectivity index (χ2v) is 2.96. The molecule has 2 rings (SSSR count). The molecule has 0 aromatic rings. The van der Waals surface area contributed by atoms with Crippen LogP contribution in [-0.4, -0.2) is 12.3 Å². The van der Waals surface area contributed by atoms with Crippen molar-refractivity contribution in [2.75, 3.05) is 0 Å². The van der Waals surface area contributed by atoms with E-state index in [1.165, 1.54) is 11.1 Å². The van der Waals surface area contributed by atoms with Crippen molar-refractivity contribution in [3.8, 4) is 0 Å². The molecule has 2 aliphatic rings. The van der Waals surface area contributed by atoms with Gasteiger partial charge in [0, 0.05) is 12.6 Å². The molecule has 0 radical (unpaired) electrons. The van der Waals surface area contributed by atoms with E-state index in [1.807, 2.05) is 6.21 Å². The molecule has 1 heterocycles. The lowest BCUT2D eigenvalue weighted by atomic mass is 9.96. The van der Waals surface area contributed by atoms with E-state index in [1.54, 1.807) is 0 Å². The lowest BCUT2D eigenvalue weighted by Crippen LogP contribution is -2.10. The molecule has 0 spiro atoms. The fourth-order valence-corrected chi connectivity index (χ4v) is 1.43. The Morgan fingerprint density at radius 1 is 1.55 bits per heavy atom. The quantitative estimate of drug-likeness (QED) is 0.496. The Balaban J connectivity index is 2.34. The summed E-state index contributed by atoms with van der Waals surface area (Å²) in [6, 6.07) is 0.312. The van der Waals surface area contributed by atoms with Crippen LogP contribution in [-0.2, 0) is 0 Å². The average Bonchev–Trinajstić information content (AvgIpc) is 2.04. The van der Waals surface area contributed by atoms with Crippen molar-refractivity contribution in [2.45, 2.75) is 19.4 Å². The molecule has 0 N–H and O–H groups in total. The molecule has 1 atom stereocenters. The van der Waals surface area contributed by atoms with Crippen molar-refractivity contribution in [2.24, 2.45) is 4.99 Å². The summed E-state index contributed by atoms with van der Waals surface area (Å²) in [4.78, 5) is 4.36. The number of nitrogens with zero attached hydrogens (tertiary/aromatic N) is 1. The van der Waals surface area contributed by atoms with Crippen LogP contribution in [0.3, 0.4) is 0 Å². The average molecular weight is 145 g/mol. The zero-order valence-corrected chi connectivity index (χ0v) is 6.62. The van der Waals surface area contributed by atoms with Gasteiger partial charge in [0.05, 0.1) is 6.04 Å². The largest absolute Gasteiger partial charge is 0.285 e. The maximum absolute atomic E-state index is 4.36. The van der Waals surface area contributed by atoms with E-state index in [0.29, 0.717) is 6.04 Å². The summed E-state index contributed by atoms with van der Waals surface area (Å²) in [6.07, 6.45) is 11.7. The summed E-state index contributed by atoms with van der Waals surface area (Å²) in [6.45, 7) is 2.12. The van der Waals surface area contributed by atoms with Crippen LogP contribution >= 0.6 is 0 Å². The zero-order chi connectivity index (χ0) is 7.68. The third-order valence-electron chi connectivity index (χ3n) is 2.00. The summed E-state index contributed by atoms with van der Waals surface area (Å²) in [7, 11) is 0. The summed E-state index contributed by atoms with van der Waals surface area (Å²) in [5, 5.41) is 0. The standard InChI is InChI=1S/C10H11N/c1-8-4-5-10-9(7-8)3-2-6-11-10/h3-7,10H,2H2,1H3. The first-order valence-electron chi connectivity index (χ1n) is 3.94. The molecule has 0 bridgehead atoms. The van der Waals surface area contributed by atoms with Gasteiger partial charge in [-0.1, -0.05) is 29.9 Å². The highest BCUT2D eigenvalue weighted by molar-refractivity contribution is 5.64. The second-order valence-electron chi connectivity index (χ2n) is 2.96. The van der Waals surface area contributed by atoms with Gasteiger partial charge in [-0.25, -0.2) is 0 Å². The van der Waals surface area contributed by atoms with Gasteiger partial charge < -0.3 is 0 Å². The highest BCUT2D eigenvalue weighted by Gasteiger charge is 2.12. The molecular weight excluding hydrogens is 134 g/mol. The number of dihydropyridines is 1. The Morgan fingerprint density at radius 3 is 3.36 bits per heavy atom. The van der Waals surface area contributed by atoms with Crippen molar-refractivity contribution in [1.29, 1.82) is 0 Å². The first-order chi connectivity index (χ1) is 5.36. The molecule has 11 heavy (non-hydrogen) atoms. The minimum Gasteiger partial charge on any atom is -0.285 e. The van der Waals surface area contributed by atoms with Gasteiger partial charge in [-0.3, -0.25) is 4.99 Å². The van der Waals surface area contributed by atoms with Crippen LogP contribution in [0, 0.1) is 0 Å². The molecule has 0 saturated heterocycles. The molecule has 1 unspecified atom stereocenters. The number of aliphatic imine (C=N–C) groups is 1. The van der Waals surface area contributed by atoms with Crippen molar-refractivity contribution >= 4 is 6.21 Å². The van der Waals surface area contributed by atoms with Crippen molar-refractivity contribution in [1.82, 2.24) is 0 Å². The lowest BCUT2D eigenvalue weighted by molar-refractivity contribution is 0.941. The fourth-order valence-electron chi connectivity index (χ4n) is 1.43. The molecule has 0 aromatic heterocycles. The Labute approximate surface area is 66.8 Å². The smallest absolute Gasteiger partial charge is 0.0926 e. The van der Waals surface area contributed by atoms with Crippen molar-refractivity contribution < 1.29 is 0 Å². The minimum absolute atomic E-state index is 0.312. The molecule has 1 heteroatoms. The summed E-state index contributed by atoms with van der Waals surface area (Å²) in [5.74, 6) is 0. The van der Waals surface area contributed by atoms with Gasteiger partial charge >= 0.3 is 0 Å². The van der Waals surface area contributed by atoms with E-state index >= 15 is 0 Å².